The fourth-order valence-corrected chi connectivity index (χ4v) is 2.89. The Bertz CT molecular complexity index is 761. The molecule has 0 radical (unpaired) electrons. The van der Waals surface area contributed by atoms with Crippen LogP contribution >= 0.6 is 0 Å². The second-order valence-electron chi connectivity index (χ2n) is 6.38. The molecule has 0 spiro atoms. The fraction of sp³-hybridized carbons (Fsp3) is 0.533. The van der Waals surface area contributed by atoms with Crippen LogP contribution in [0, 0.1) is 0 Å². The van der Waals surface area contributed by atoms with Crippen LogP contribution in [0.4, 0.5) is 0 Å². The van der Waals surface area contributed by atoms with Crippen molar-refractivity contribution in [3.05, 3.63) is 18.5 Å². The van der Waals surface area contributed by atoms with E-state index >= 15 is 0 Å². The van der Waals surface area contributed by atoms with Gasteiger partial charge in [0.15, 0.2) is 5.60 Å². The molecule has 3 unspecified atom stereocenters. The molecule has 1 N–H and O–H groups in total. The fourth-order valence-electron chi connectivity index (χ4n) is 2.89. The van der Waals surface area contributed by atoms with E-state index in [2.05, 4.69) is 5.10 Å². The van der Waals surface area contributed by atoms with Gasteiger partial charge in [-0.3, -0.25) is 19.1 Å². The Morgan fingerprint density at radius 1 is 1.31 bits per heavy atom. The van der Waals surface area contributed by atoms with E-state index in [4.69, 9.17) is 14.2 Å². The van der Waals surface area contributed by atoms with Crippen LogP contribution in [0.5, 0.6) is 0 Å². The summed E-state index contributed by atoms with van der Waals surface area (Å²) in [7, 11) is 2.80. The molecule has 2 bridgehead atoms. The number of rotatable bonds is 3. The highest BCUT2D eigenvalue weighted by atomic mass is 16.7. The van der Waals surface area contributed by atoms with Gasteiger partial charge >= 0.3 is 17.9 Å². The van der Waals surface area contributed by atoms with Crippen LogP contribution in [0.1, 0.15) is 12.8 Å². The maximum atomic E-state index is 12.9. The molecule has 3 rings (SSSR count). The monoisotopic (exact) mass is 367 g/mol. The average molecular weight is 367 g/mol. The SMILES string of the molecule is CN(C)C(=O)C1(Cn2cccn2)OC(=O)CC2(O)CC(=O)OC1OC2=O. The Kier molecular flexibility index (Phi) is 4.18. The molecule has 26 heavy (non-hydrogen) atoms. The van der Waals surface area contributed by atoms with Gasteiger partial charge in [0.1, 0.15) is 0 Å². The molecule has 3 heterocycles. The van der Waals surface area contributed by atoms with Gasteiger partial charge in [-0.1, -0.05) is 0 Å². The minimum Gasteiger partial charge on any atom is -0.439 e. The standard InChI is InChI=1S/C15H17N3O8/c1-17(2)11(21)15(8-18-5-3-4-16-18)13-24-9(19)6-14(23,12(22)25-13)7-10(20)26-15/h3-5,13,23H,6-8H2,1-2H3. The van der Waals surface area contributed by atoms with Gasteiger partial charge in [-0.05, 0) is 6.07 Å². The Balaban J connectivity index is 2.14. The number of carbonyl (C=O) groups excluding carboxylic acids is 4. The number of amides is 1. The van der Waals surface area contributed by atoms with Gasteiger partial charge in [0.25, 0.3) is 17.8 Å². The lowest BCUT2D eigenvalue weighted by molar-refractivity contribution is -0.248. The van der Waals surface area contributed by atoms with Gasteiger partial charge in [0.05, 0.1) is 19.4 Å². The summed E-state index contributed by atoms with van der Waals surface area (Å²) < 4.78 is 16.8. The van der Waals surface area contributed by atoms with E-state index in [1.807, 2.05) is 0 Å². The molecular weight excluding hydrogens is 350 g/mol. The van der Waals surface area contributed by atoms with E-state index < -0.39 is 54.1 Å². The third kappa shape index (κ3) is 2.90. The van der Waals surface area contributed by atoms with Crippen LogP contribution in [0.2, 0.25) is 0 Å². The largest absolute Gasteiger partial charge is 0.439 e. The molecular formula is C15H17N3O8. The van der Waals surface area contributed by atoms with Gasteiger partial charge in [-0.25, -0.2) is 4.79 Å². The third-order valence-corrected chi connectivity index (χ3v) is 4.11. The highest BCUT2D eigenvalue weighted by Gasteiger charge is 2.62. The summed E-state index contributed by atoms with van der Waals surface area (Å²) in [6.07, 6.45) is -0.586. The molecule has 2 fully saturated rings. The van der Waals surface area contributed by atoms with Crippen molar-refractivity contribution in [1.29, 1.82) is 0 Å². The molecule has 0 aromatic carbocycles. The number of nitrogens with zero attached hydrogens (tertiary/aromatic N) is 3. The van der Waals surface area contributed by atoms with Gasteiger partial charge < -0.3 is 24.2 Å². The number of hydrogen-bond acceptors (Lipinski definition) is 9. The second-order valence-corrected chi connectivity index (χ2v) is 6.38. The van der Waals surface area contributed by atoms with Crippen molar-refractivity contribution in [1.82, 2.24) is 14.7 Å². The van der Waals surface area contributed by atoms with Crippen molar-refractivity contribution in [3.8, 4) is 0 Å². The lowest BCUT2D eigenvalue weighted by Gasteiger charge is -2.39. The third-order valence-electron chi connectivity index (χ3n) is 4.11. The molecule has 2 saturated heterocycles. The summed E-state index contributed by atoms with van der Waals surface area (Å²) >= 11 is 0. The van der Waals surface area contributed by atoms with Crippen LogP contribution in [0.15, 0.2) is 18.5 Å². The zero-order valence-electron chi connectivity index (χ0n) is 14.1. The molecule has 2 aliphatic heterocycles. The van der Waals surface area contributed by atoms with Crippen LogP contribution in [0.3, 0.4) is 0 Å². The zero-order chi connectivity index (χ0) is 19.1. The number of carbonyl (C=O) groups is 4. The van der Waals surface area contributed by atoms with Crippen molar-refractivity contribution >= 4 is 23.8 Å². The number of hydrogen-bond donors (Lipinski definition) is 1. The van der Waals surface area contributed by atoms with E-state index in [0.717, 1.165) is 4.90 Å². The number of esters is 3. The van der Waals surface area contributed by atoms with Crippen molar-refractivity contribution in [2.24, 2.45) is 0 Å². The first kappa shape index (κ1) is 17.9. The van der Waals surface area contributed by atoms with E-state index in [-0.39, 0.29) is 6.54 Å². The zero-order valence-corrected chi connectivity index (χ0v) is 14.1. The van der Waals surface area contributed by atoms with Gasteiger partial charge in [-0.2, -0.15) is 5.10 Å². The van der Waals surface area contributed by atoms with Crippen molar-refractivity contribution in [2.75, 3.05) is 14.1 Å². The molecule has 0 aliphatic carbocycles. The lowest BCUT2D eigenvalue weighted by atomic mass is 9.94. The highest BCUT2D eigenvalue weighted by Crippen LogP contribution is 2.35. The van der Waals surface area contributed by atoms with Gasteiger partial charge in [0.2, 0.25) is 0 Å². The quantitative estimate of drug-likeness (QED) is 0.614. The number of likely N-dealkylation sites (N-methyl/N-ethyl adjacent to an activating group) is 1. The Hall–Kier alpha value is -2.95. The normalized spacial score (nSPS) is 31.2. The smallest absolute Gasteiger partial charge is 0.342 e. The van der Waals surface area contributed by atoms with E-state index in [9.17, 15) is 24.3 Å². The van der Waals surface area contributed by atoms with Gasteiger partial charge in [-0.15, -0.1) is 0 Å². The Morgan fingerprint density at radius 2 is 2.00 bits per heavy atom. The van der Waals surface area contributed by atoms with Gasteiger partial charge in [0, 0.05) is 26.5 Å². The number of ether oxygens (including phenoxy) is 3. The van der Waals surface area contributed by atoms with Crippen LogP contribution in [-0.2, 0) is 39.9 Å². The van der Waals surface area contributed by atoms with E-state index in [1.54, 1.807) is 6.07 Å². The Labute approximate surface area is 147 Å². The maximum absolute atomic E-state index is 12.9. The van der Waals surface area contributed by atoms with Crippen molar-refractivity contribution < 1.29 is 38.5 Å². The molecule has 11 nitrogen and oxygen atoms in total. The first-order valence-electron chi connectivity index (χ1n) is 7.70. The summed E-state index contributed by atoms with van der Waals surface area (Å²) in [5.41, 5.74) is -4.59. The summed E-state index contributed by atoms with van der Waals surface area (Å²) in [4.78, 5) is 50.7. The van der Waals surface area contributed by atoms with Crippen LogP contribution in [0.25, 0.3) is 0 Å². The predicted molar refractivity (Wildman–Crippen MR) is 79.9 cm³/mol. The summed E-state index contributed by atoms with van der Waals surface area (Å²) in [6, 6.07) is 1.57. The molecule has 3 atom stereocenters. The van der Waals surface area contributed by atoms with Crippen molar-refractivity contribution in [3.63, 3.8) is 0 Å². The highest BCUT2D eigenvalue weighted by molar-refractivity contribution is 5.95. The summed E-state index contributed by atoms with van der Waals surface area (Å²) in [6.45, 7) is -0.369. The molecule has 11 heteroatoms. The second kappa shape index (κ2) is 6.09. The molecule has 1 aromatic rings. The van der Waals surface area contributed by atoms with E-state index in [1.165, 1.54) is 31.2 Å². The molecule has 0 saturated carbocycles. The average Bonchev–Trinajstić information content (AvgIpc) is 3.01. The molecule has 1 aromatic heterocycles. The molecule has 1 amide bonds. The number of aliphatic hydroxyl groups is 1. The number of fused-ring (bicyclic) bond motifs is 3. The predicted octanol–water partition coefficient (Wildman–Crippen LogP) is -1.80. The minimum atomic E-state index is -2.40. The van der Waals surface area contributed by atoms with Crippen LogP contribution < -0.4 is 0 Å². The summed E-state index contributed by atoms with van der Waals surface area (Å²) in [5, 5.41) is 14.3. The topological polar surface area (TPSA) is 137 Å². The van der Waals surface area contributed by atoms with Crippen molar-refractivity contribution in [2.45, 2.75) is 36.9 Å². The summed E-state index contributed by atoms with van der Waals surface area (Å²) in [5.74, 6) is -4.06. The Morgan fingerprint density at radius 3 is 2.62 bits per heavy atom. The first-order valence-corrected chi connectivity index (χ1v) is 7.70. The lowest BCUT2D eigenvalue weighted by Crippen LogP contribution is -2.63. The maximum Gasteiger partial charge on any atom is 0.342 e. The number of aromatic nitrogens is 2. The minimum absolute atomic E-state index is 0.369. The number of cyclic esters (lactones) is 1. The first-order chi connectivity index (χ1) is 12.2. The van der Waals surface area contributed by atoms with E-state index in [0.29, 0.717) is 0 Å². The molecule has 140 valence electrons. The molecule has 2 aliphatic rings. The van der Waals surface area contributed by atoms with Crippen LogP contribution in [-0.4, -0.2) is 75.2 Å².